The molecule has 0 aromatic heterocycles. The zero-order valence-corrected chi connectivity index (χ0v) is 20.3. The quantitative estimate of drug-likeness (QED) is 0.361. The number of halogens is 1. The highest BCUT2D eigenvalue weighted by molar-refractivity contribution is 9.10. The van der Waals surface area contributed by atoms with Gasteiger partial charge in [-0.2, -0.15) is 0 Å². The number of aryl methyl sites for hydroxylation is 1. The molecule has 0 spiro atoms. The van der Waals surface area contributed by atoms with Crippen molar-refractivity contribution in [2.45, 2.75) is 13.0 Å². The first-order chi connectivity index (χ1) is 15.9. The molecule has 2 fully saturated rings. The van der Waals surface area contributed by atoms with E-state index in [0.717, 1.165) is 28.7 Å². The fourth-order valence-corrected chi connectivity index (χ4v) is 4.81. The lowest BCUT2D eigenvalue weighted by Crippen LogP contribution is -2.42. The summed E-state index contributed by atoms with van der Waals surface area (Å²) in [6.07, 6.45) is 0. The van der Waals surface area contributed by atoms with Crippen LogP contribution in [0.5, 0.6) is 5.75 Å². The van der Waals surface area contributed by atoms with E-state index in [1.165, 1.54) is 0 Å². The van der Waals surface area contributed by atoms with Gasteiger partial charge >= 0.3 is 0 Å². The van der Waals surface area contributed by atoms with Gasteiger partial charge in [-0.05, 0) is 48.4 Å². The average Bonchev–Trinajstić information content (AvgIpc) is 3.07. The van der Waals surface area contributed by atoms with E-state index in [9.17, 15) is 14.7 Å². The van der Waals surface area contributed by atoms with E-state index < -0.39 is 17.7 Å². The van der Waals surface area contributed by atoms with Gasteiger partial charge in [-0.25, -0.2) is 0 Å². The molecule has 1 amide bonds. The van der Waals surface area contributed by atoms with Gasteiger partial charge in [0.15, 0.2) is 0 Å². The van der Waals surface area contributed by atoms with E-state index in [-0.39, 0.29) is 11.3 Å². The number of carbonyl (C=O) groups excluding carboxylic acids is 2. The summed E-state index contributed by atoms with van der Waals surface area (Å²) in [4.78, 5) is 30.1. The minimum atomic E-state index is -0.675. The van der Waals surface area contributed by atoms with Crippen molar-refractivity contribution in [1.29, 1.82) is 0 Å². The molecule has 2 saturated heterocycles. The number of ketones is 1. The van der Waals surface area contributed by atoms with Crippen molar-refractivity contribution < 1.29 is 24.2 Å². The van der Waals surface area contributed by atoms with Crippen LogP contribution in [0.2, 0.25) is 0 Å². The normalized spacial score (nSPS) is 20.9. The molecule has 1 atom stereocenters. The van der Waals surface area contributed by atoms with Gasteiger partial charge in [-0.3, -0.25) is 14.5 Å². The first-order valence-electron chi connectivity index (χ1n) is 10.9. The van der Waals surface area contributed by atoms with E-state index in [4.69, 9.17) is 9.47 Å². The molecule has 2 heterocycles. The predicted octanol–water partition coefficient (Wildman–Crippen LogP) is 3.52. The SMILES string of the molecule is COc1ccc(C(O)=C2C(=O)C(=O)N(CCN3CCOCC3)[C@@H]2c2cccc(Br)c2)cc1C. The lowest BCUT2D eigenvalue weighted by molar-refractivity contribution is -0.140. The highest BCUT2D eigenvalue weighted by Crippen LogP contribution is 2.40. The zero-order chi connectivity index (χ0) is 23.5. The molecule has 0 saturated carbocycles. The molecule has 2 aliphatic heterocycles. The summed E-state index contributed by atoms with van der Waals surface area (Å²) in [6.45, 7) is 5.76. The first-order valence-corrected chi connectivity index (χ1v) is 11.7. The third-order valence-corrected chi connectivity index (χ3v) is 6.63. The van der Waals surface area contributed by atoms with Crippen molar-refractivity contribution in [3.63, 3.8) is 0 Å². The maximum Gasteiger partial charge on any atom is 0.295 e. The highest BCUT2D eigenvalue weighted by atomic mass is 79.9. The van der Waals surface area contributed by atoms with E-state index in [1.54, 1.807) is 30.2 Å². The maximum absolute atomic E-state index is 13.2. The molecule has 1 N–H and O–H groups in total. The van der Waals surface area contributed by atoms with Gasteiger partial charge in [0, 0.05) is 36.2 Å². The van der Waals surface area contributed by atoms with Gasteiger partial charge in [0.1, 0.15) is 11.5 Å². The Morgan fingerprint density at radius 3 is 2.58 bits per heavy atom. The Kier molecular flexibility index (Phi) is 7.17. The number of benzene rings is 2. The summed E-state index contributed by atoms with van der Waals surface area (Å²) in [5.74, 6) is -0.771. The number of rotatable bonds is 6. The third kappa shape index (κ3) is 4.83. The number of aliphatic hydroxyl groups is 1. The summed E-state index contributed by atoms with van der Waals surface area (Å²) in [5.41, 5.74) is 2.16. The van der Waals surface area contributed by atoms with Crippen LogP contribution in [0.15, 0.2) is 52.5 Å². The smallest absolute Gasteiger partial charge is 0.295 e. The number of morpholine rings is 1. The molecule has 0 unspecified atom stereocenters. The molecular formula is C25H27BrN2O5. The Balaban J connectivity index is 1.75. The largest absolute Gasteiger partial charge is 0.507 e. The number of aliphatic hydroxyl groups excluding tert-OH is 1. The highest BCUT2D eigenvalue weighted by Gasteiger charge is 2.46. The first kappa shape index (κ1) is 23.5. The van der Waals surface area contributed by atoms with Crippen molar-refractivity contribution in [3.05, 3.63) is 69.2 Å². The van der Waals surface area contributed by atoms with Crippen molar-refractivity contribution >= 4 is 33.4 Å². The second kappa shape index (κ2) is 10.1. The molecule has 2 aromatic rings. The van der Waals surface area contributed by atoms with Crippen LogP contribution >= 0.6 is 15.9 Å². The number of hydrogen-bond donors (Lipinski definition) is 1. The van der Waals surface area contributed by atoms with E-state index in [0.29, 0.717) is 37.6 Å². The van der Waals surface area contributed by atoms with Crippen LogP contribution in [0.4, 0.5) is 0 Å². The minimum absolute atomic E-state index is 0.102. The summed E-state index contributed by atoms with van der Waals surface area (Å²) in [5, 5.41) is 11.2. The van der Waals surface area contributed by atoms with Crippen LogP contribution in [0.25, 0.3) is 5.76 Å². The summed E-state index contributed by atoms with van der Waals surface area (Å²) >= 11 is 3.49. The monoisotopic (exact) mass is 514 g/mol. The number of amides is 1. The Morgan fingerprint density at radius 1 is 1.15 bits per heavy atom. The fourth-order valence-electron chi connectivity index (χ4n) is 4.39. The second-order valence-corrected chi connectivity index (χ2v) is 9.10. The molecule has 2 aromatic carbocycles. The summed E-state index contributed by atoms with van der Waals surface area (Å²) in [6, 6.07) is 12.0. The summed E-state index contributed by atoms with van der Waals surface area (Å²) < 4.78 is 11.5. The van der Waals surface area contributed by atoms with Crippen molar-refractivity contribution in [1.82, 2.24) is 9.80 Å². The predicted molar refractivity (Wildman–Crippen MR) is 128 cm³/mol. The van der Waals surface area contributed by atoms with Crippen molar-refractivity contribution in [3.8, 4) is 5.75 Å². The molecule has 0 bridgehead atoms. The van der Waals surface area contributed by atoms with Crippen LogP contribution in [0, 0.1) is 6.92 Å². The number of hydrogen-bond acceptors (Lipinski definition) is 6. The van der Waals surface area contributed by atoms with Gasteiger partial charge in [-0.15, -0.1) is 0 Å². The maximum atomic E-state index is 13.2. The number of carbonyl (C=O) groups is 2. The topological polar surface area (TPSA) is 79.3 Å². The molecule has 33 heavy (non-hydrogen) atoms. The number of likely N-dealkylation sites (tertiary alicyclic amines) is 1. The molecule has 7 nitrogen and oxygen atoms in total. The number of ether oxygens (including phenoxy) is 2. The zero-order valence-electron chi connectivity index (χ0n) is 18.7. The molecule has 2 aliphatic rings. The molecule has 4 rings (SSSR count). The van der Waals surface area contributed by atoms with Crippen LogP contribution < -0.4 is 4.74 Å². The average molecular weight is 515 g/mol. The van der Waals surface area contributed by atoms with Crippen LogP contribution in [0.3, 0.4) is 0 Å². The Hall–Kier alpha value is -2.68. The van der Waals surface area contributed by atoms with Gasteiger partial charge in [-0.1, -0.05) is 28.1 Å². The Labute approximate surface area is 201 Å². The Bertz CT molecular complexity index is 1090. The number of methoxy groups -OCH3 is 1. The lowest BCUT2D eigenvalue weighted by Gasteiger charge is -2.31. The number of nitrogens with zero attached hydrogens (tertiary/aromatic N) is 2. The van der Waals surface area contributed by atoms with E-state index in [1.807, 2.05) is 31.2 Å². The van der Waals surface area contributed by atoms with Crippen molar-refractivity contribution in [2.24, 2.45) is 0 Å². The Morgan fingerprint density at radius 2 is 1.91 bits per heavy atom. The fraction of sp³-hybridized carbons (Fsp3) is 0.360. The van der Waals surface area contributed by atoms with Crippen molar-refractivity contribution in [2.75, 3.05) is 46.5 Å². The van der Waals surface area contributed by atoms with Crippen LogP contribution in [-0.2, 0) is 14.3 Å². The van der Waals surface area contributed by atoms with Gasteiger partial charge < -0.3 is 19.5 Å². The van der Waals surface area contributed by atoms with E-state index >= 15 is 0 Å². The molecule has 0 aliphatic carbocycles. The molecule has 8 heteroatoms. The lowest BCUT2D eigenvalue weighted by atomic mass is 9.95. The number of Topliss-reactive ketones (excluding diaryl/α,β-unsaturated/α-hetero) is 1. The third-order valence-electron chi connectivity index (χ3n) is 6.13. The van der Waals surface area contributed by atoms with Crippen LogP contribution in [0.1, 0.15) is 22.7 Å². The molecule has 174 valence electrons. The molecular weight excluding hydrogens is 488 g/mol. The van der Waals surface area contributed by atoms with Gasteiger partial charge in [0.25, 0.3) is 11.7 Å². The minimum Gasteiger partial charge on any atom is -0.507 e. The summed E-state index contributed by atoms with van der Waals surface area (Å²) in [7, 11) is 1.58. The van der Waals surface area contributed by atoms with Gasteiger partial charge in [0.05, 0.1) is 31.9 Å². The molecule has 0 radical (unpaired) electrons. The van der Waals surface area contributed by atoms with E-state index in [2.05, 4.69) is 20.8 Å². The second-order valence-electron chi connectivity index (χ2n) is 8.19. The van der Waals surface area contributed by atoms with Gasteiger partial charge in [0.2, 0.25) is 0 Å². The van der Waals surface area contributed by atoms with Crippen LogP contribution in [-0.4, -0.2) is 73.1 Å². The standard InChI is InChI=1S/C25H27BrN2O5/c1-16-14-18(6-7-20(16)32-2)23(29)21-22(17-4-3-5-19(26)15-17)28(25(31)24(21)30)9-8-27-10-12-33-13-11-27/h3-7,14-15,22,29H,8-13H2,1-2H3/t22-/m1/s1.